The van der Waals surface area contributed by atoms with Gasteiger partial charge in [-0.1, -0.05) is 0 Å². The van der Waals surface area contributed by atoms with Crippen LogP contribution in [-0.4, -0.2) is 66.8 Å². The third-order valence-electron chi connectivity index (χ3n) is 5.40. The Morgan fingerprint density at radius 1 is 0.897 bits per heavy atom. The van der Waals surface area contributed by atoms with Gasteiger partial charge in [-0.15, -0.1) is 0 Å². The third kappa shape index (κ3) is 8.54. The van der Waals surface area contributed by atoms with E-state index in [9.17, 15) is 24.0 Å². The molecule has 1 saturated heterocycles. The van der Waals surface area contributed by atoms with Crippen LogP contribution in [0, 0.1) is 0 Å². The average Bonchev–Trinajstić information content (AvgIpc) is 3.38. The standard InChI is InChI=1S/C27H29NO11/c1-15(29)28-24-26(37-18(4)32)25(36-17(3)31)23(14-35-16(2)30)39-27(24)38-21-9-7-19(8-10-21)22(33)12-11-20-6-5-13-34-20/h5-13,23-27H,14H2,1-4H3,(H,28,29)/b12-11+/t23-,24-,25+,26+,27-/m0/s1. The molecule has 2 heterocycles. The smallest absolute Gasteiger partial charge is 0.303 e. The van der Waals surface area contributed by atoms with Gasteiger partial charge in [0, 0.05) is 33.3 Å². The summed E-state index contributed by atoms with van der Waals surface area (Å²) in [5.41, 5.74) is 0.369. The molecule has 1 aromatic heterocycles. The lowest BCUT2D eigenvalue weighted by molar-refractivity contribution is -0.257. The number of hydrogen-bond acceptors (Lipinski definition) is 11. The Kier molecular flexibility index (Phi) is 9.98. The minimum absolute atomic E-state index is 0.251. The lowest BCUT2D eigenvalue weighted by Crippen LogP contribution is -2.67. The highest BCUT2D eigenvalue weighted by Gasteiger charge is 2.51. The first-order valence-electron chi connectivity index (χ1n) is 12.0. The molecule has 0 spiro atoms. The van der Waals surface area contributed by atoms with Gasteiger partial charge >= 0.3 is 17.9 Å². The molecular weight excluding hydrogens is 514 g/mol. The topological polar surface area (TPSA) is 157 Å². The predicted octanol–water partition coefficient (Wildman–Crippen LogP) is 2.21. The lowest BCUT2D eigenvalue weighted by Gasteiger charge is -2.44. The summed E-state index contributed by atoms with van der Waals surface area (Å²) in [4.78, 5) is 59.8. The Labute approximate surface area is 224 Å². The van der Waals surface area contributed by atoms with Crippen molar-refractivity contribution >= 4 is 35.7 Å². The van der Waals surface area contributed by atoms with E-state index in [-0.39, 0.29) is 18.1 Å². The van der Waals surface area contributed by atoms with E-state index in [0.717, 1.165) is 13.8 Å². The van der Waals surface area contributed by atoms with Crippen LogP contribution in [0.5, 0.6) is 5.75 Å². The van der Waals surface area contributed by atoms with Gasteiger partial charge in [-0.25, -0.2) is 0 Å². The Balaban J connectivity index is 1.86. The Bertz CT molecular complexity index is 1200. The number of hydrogen-bond donors (Lipinski definition) is 1. The lowest BCUT2D eigenvalue weighted by atomic mass is 9.96. The SMILES string of the molecule is CC(=O)N[C@@H]1[C@@H](Oc2ccc(C(=O)/C=C/c3ccco3)cc2)O[C@@H](COC(C)=O)[C@@H](OC(C)=O)[C@@H]1OC(C)=O. The van der Waals surface area contributed by atoms with Crippen molar-refractivity contribution in [2.24, 2.45) is 0 Å². The first-order valence-corrected chi connectivity index (χ1v) is 12.0. The second-order valence-corrected chi connectivity index (χ2v) is 8.58. The van der Waals surface area contributed by atoms with Crippen molar-refractivity contribution in [2.75, 3.05) is 6.61 Å². The summed E-state index contributed by atoms with van der Waals surface area (Å²) in [5.74, 6) is -2.05. The normalized spacial score (nSPS) is 22.5. The fraction of sp³-hybridized carbons (Fsp3) is 0.370. The van der Waals surface area contributed by atoms with Crippen molar-refractivity contribution in [3.05, 3.63) is 60.1 Å². The molecule has 1 aliphatic heterocycles. The van der Waals surface area contributed by atoms with Gasteiger partial charge in [-0.3, -0.25) is 24.0 Å². The van der Waals surface area contributed by atoms with Crippen molar-refractivity contribution in [3.63, 3.8) is 0 Å². The predicted molar refractivity (Wildman–Crippen MR) is 133 cm³/mol. The van der Waals surface area contributed by atoms with Crippen LogP contribution in [0.25, 0.3) is 6.08 Å². The molecule has 2 aromatic rings. The van der Waals surface area contributed by atoms with E-state index in [1.165, 1.54) is 50.5 Å². The van der Waals surface area contributed by atoms with Gasteiger partial charge in [0.05, 0.1) is 6.26 Å². The van der Waals surface area contributed by atoms with Gasteiger partial charge in [0.15, 0.2) is 18.0 Å². The number of rotatable bonds is 10. The molecule has 1 fully saturated rings. The second-order valence-electron chi connectivity index (χ2n) is 8.58. The largest absolute Gasteiger partial charge is 0.465 e. The zero-order valence-corrected chi connectivity index (χ0v) is 21.8. The van der Waals surface area contributed by atoms with Crippen LogP contribution >= 0.6 is 0 Å². The van der Waals surface area contributed by atoms with Gasteiger partial charge in [-0.2, -0.15) is 0 Å². The van der Waals surface area contributed by atoms with Crippen LogP contribution in [0.3, 0.4) is 0 Å². The monoisotopic (exact) mass is 543 g/mol. The quantitative estimate of drug-likeness (QED) is 0.203. The molecule has 0 bridgehead atoms. The van der Waals surface area contributed by atoms with E-state index in [4.69, 9.17) is 28.1 Å². The number of carbonyl (C=O) groups is 5. The van der Waals surface area contributed by atoms with E-state index < -0.39 is 54.5 Å². The molecule has 0 saturated carbocycles. The van der Waals surface area contributed by atoms with E-state index in [0.29, 0.717) is 11.3 Å². The number of ether oxygens (including phenoxy) is 5. The molecule has 1 aromatic carbocycles. The van der Waals surface area contributed by atoms with Gasteiger partial charge in [0.2, 0.25) is 12.2 Å². The van der Waals surface area contributed by atoms with Crippen LogP contribution in [0.15, 0.2) is 53.2 Å². The average molecular weight is 544 g/mol. The van der Waals surface area contributed by atoms with E-state index in [1.807, 2.05) is 0 Å². The molecule has 1 amide bonds. The van der Waals surface area contributed by atoms with Crippen molar-refractivity contribution in [2.45, 2.75) is 58.3 Å². The molecule has 0 radical (unpaired) electrons. The van der Waals surface area contributed by atoms with Crippen molar-refractivity contribution in [3.8, 4) is 5.75 Å². The molecule has 208 valence electrons. The van der Waals surface area contributed by atoms with Crippen LogP contribution in [-0.2, 0) is 38.1 Å². The summed E-state index contributed by atoms with van der Waals surface area (Å²) in [6.45, 7) is 4.37. The zero-order valence-electron chi connectivity index (χ0n) is 21.8. The minimum Gasteiger partial charge on any atom is -0.465 e. The van der Waals surface area contributed by atoms with Gasteiger partial charge in [-0.05, 0) is 48.6 Å². The highest BCUT2D eigenvalue weighted by atomic mass is 16.7. The van der Waals surface area contributed by atoms with E-state index in [2.05, 4.69) is 5.32 Å². The molecule has 39 heavy (non-hydrogen) atoms. The number of ketones is 1. The summed E-state index contributed by atoms with van der Waals surface area (Å²) in [6.07, 6.45) is -0.459. The number of benzene rings is 1. The summed E-state index contributed by atoms with van der Waals surface area (Å²) >= 11 is 0. The van der Waals surface area contributed by atoms with E-state index in [1.54, 1.807) is 18.2 Å². The van der Waals surface area contributed by atoms with Gasteiger partial charge in [0.1, 0.15) is 30.3 Å². The summed E-state index contributed by atoms with van der Waals surface area (Å²) in [7, 11) is 0. The van der Waals surface area contributed by atoms with Crippen molar-refractivity contribution in [1.82, 2.24) is 5.32 Å². The number of allylic oxidation sites excluding steroid dienone is 1. The number of nitrogens with one attached hydrogen (secondary N) is 1. The van der Waals surface area contributed by atoms with Gasteiger partial charge < -0.3 is 33.4 Å². The first-order chi connectivity index (χ1) is 18.5. The van der Waals surface area contributed by atoms with Crippen LogP contribution in [0.1, 0.15) is 43.8 Å². The fourth-order valence-electron chi connectivity index (χ4n) is 3.86. The van der Waals surface area contributed by atoms with Crippen molar-refractivity contribution in [1.29, 1.82) is 0 Å². The molecule has 5 atom stereocenters. The molecule has 3 rings (SSSR count). The maximum absolute atomic E-state index is 12.5. The third-order valence-corrected chi connectivity index (χ3v) is 5.40. The fourth-order valence-corrected chi connectivity index (χ4v) is 3.86. The van der Waals surface area contributed by atoms with E-state index >= 15 is 0 Å². The van der Waals surface area contributed by atoms with Crippen LogP contribution in [0.4, 0.5) is 0 Å². The number of furan rings is 1. The molecule has 1 aliphatic rings. The molecule has 12 nitrogen and oxygen atoms in total. The molecular formula is C27H29NO11. The molecule has 0 aliphatic carbocycles. The minimum atomic E-state index is -1.27. The Hall–Kier alpha value is -4.45. The first kappa shape index (κ1) is 29.1. The highest BCUT2D eigenvalue weighted by Crippen LogP contribution is 2.29. The Morgan fingerprint density at radius 3 is 2.13 bits per heavy atom. The highest BCUT2D eigenvalue weighted by molar-refractivity contribution is 6.06. The summed E-state index contributed by atoms with van der Waals surface area (Å²) in [5, 5.41) is 2.62. The number of carbonyl (C=O) groups excluding carboxylic acids is 5. The summed E-state index contributed by atoms with van der Waals surface area (Å²) in [6, 6.07) is 8.38. The Morgan fingerprint density at radius 2 is 1.56 bits per heavy atom. The van der Waals surface area contributed by atoms with Crippen LogP contribution < -0.4 is 10.1 Å². The number of esters is 3. The second kappa shape index (κ2) is 13.4. The number of amides is 1. The maximum atomic E-state index is 12.5. The molecule has 1 N–H and O–H groups in total. The maximum Gasteiger partial charge on any atom is 0.303 e. The van der Waals surface area contributed by atoms with Crippen molar-refractivity contribution < 1.29 is 52.1 Å². The van der Waals surface area contributed by atoms with Crippen LogP contribution in [0.2, 0.25) is 0 Å². The zero-order chi connectivity index (χ0) is 28.5. The molecule has 12 heteroatoms. The molecule has 0 unspecified atom stereocenters. The van der Waals surface area contributed by atoms with Gasteiger partial charge in [0.25, 0.3) is 0 Å². The summed E-state index contributed by atoms with van der Waals surface area (Å²) < 4.78 is 33.0.